The van der Waals surface area contributed by atoms with Crippen molar-refractivity contribution in [1.29, 1.82) is 0 Å². The molecule has 11 heteroatoms. The summed E-state index contributed by atoms with van der Waals surface area (Å²) in [6.45, 7) is 0.196. The first-order valence-electron chi connectivity index (χ1n) is 17.6. The van der Waals surface area contributed by atoms with Crippen LogP contribution in [0.2, 0.25) is 0 Å². The average molecular weight is 747 g/mol. The normalized spacial score (nSPS) is 17.3. The van der Waals surface area contributed by atoms with Crippen molar-refractivity contribution < 1.29 is 38.8 Å². The Morgan fingerprint density at radius 2 is 1.50 bits per heavy atom. The predicted molar refractivity (Wildman–Crippen MR) is 206 cm³/mol. The maximum absolute atomic E-state index is 12.9. The first-order chi connectivity index (χ1) is 26.3. The fourth-order valence-corrected chi connectivity index (χ4v) is 7.13. The van der Waals surface area contributed by atoms with Gasteiger partial charge in [-0.25, -0.2) is 14.4 Å². The lowest BCUT2D eigenvalue weighted by Gasteiger charge is -2.36. The van der Waals surface area contributed by atoms with Crippen molar-refractivity contribution in [2.75, 3.05) is 12.9 Å². The molecule has 1 aliphatic heterocycles. The predicted octanol–water partition coefficient (Wildman–Crippen LogP) is 7.47. The van der Waals surface area contributed by atoms with E-state index in [1.54, 1.807) is 36.0 Å². The maximum Gasteiger partial charge on any atom is 0.335 e. The summed E-state index contributed by atoms with van der Waals surface area (Å²) in [7, 11) is 1.30. The fraction of sp³-hybridized carbons (Fsp3) is 0.233. The van der Waals surface area contributed by atoms with Gasteiger partial charge in [-0.1, -0.05) is 91.0 Å². The van der Waals surface area contributed by atoms with Gasteiger partial charge >= 0.3 is 18.0 Å². The lowest BCUT2D eigenvalue weighted by molar-refractivity contribution is -0.245. The number of methoxy groups -OCH3 is 1. The molecule has 0 aromatic heterocycles. The summed E-state index contributed by atoms with van der Waals surface area (Å²) in [5.74, 6) is -0.854. The number of urea groups is 1. The zero-order chi connectivity index (χ0) is 37.9. The van der Waals surface area contributed by atoms with Gasteiger partial charge in [0.15, 0.2) is 6.29 Å². The topological polar surface area (TPSA) is 143 Å². The van der Waals surface area contributed by atoms with Crippen LogP contribution in [0.5, 0.6) is 0 Å². The molecule has 278 valence electrons. The number of rotatable bonds is 14. The van der Waals surface area contributed by atoms with Gasteiger partial charge in [-0.3, -0.25) is 0 Å². The smallest absolute Gasteiger partial charge is 0.335 e. The zero-order valence-electron chi connectivity index (χ0n) is 29.7. The Kier molecular flexibility index (Phi) is 13.1. The van der Waals surface area contributed by atoms with E-state index in [9.17, 15) is 24.6 Å². The third-order valence-electron chi connectivity index (χ3n) is 9.10. The minimum absolute atomic E-state index is 0.0423. The molecule has 1 aliphatic rings. The second-order valence-electron chi connectivity index (χ2n) is 12.9. The molecule has 4 atom stereocenters. The van der Waals surface area contributed by atoms with Crippen LogP contribution in [0.25, 0.3) is 11.1 Å². The largest absolute Gasteiger partial charge is 0.478 e. The Morgan fingerprint density at radius 3 is 2.20 bits per heavy atom. The number of aliphatic hydroxyl groups excluding tert-OH is 1. The van der Waals surface area contributed by atoms with Crippen LogP contribution in [0.4, 0.5) is 4.79 Å². The average Bonchev–Trinajstić information content (AvgIpc) is 3.22. The number of aromatic carboxylic acids is 1. The van der Waals surface area contributed by atoms with Crippen LogP contribution in [0.15, 0.2) is 132 Å². The van der Waals surface area contributed by atoms with Gasteiger partial charge < -0.3 is 35.1 Å². The highest BCUT2D eigenvalue weighted by Gasteiger charge is 2.32. The molecule has 1 saturated heterocycles. The van der Waals surface area contributed by atoms with Crippen LogP contribution >= 0.6 is 11.8 Å². The van der Waals surface area contributed by atoms with Gasteiger partial charge in [-0.05, 0) is 69.8 Å². The Bertz CT molecular complexity index is 2020. The second-order valence-corrected chi connectivity index (χ2v) is 14.0. The third-order valence-corrected chi connectivity index (χ3v) is 10.2. The van der Waals surface area contributed by atoms with Crippen LogP contribution in [0.1, 0.15) is 57.0 Å². The van der Waals surface area contributed by atoms with Crippen molar-refractivity contribution in [2.45, 2.75) is 55.4 Å². The number of nitrogens with one attached hydrogen (secondary N) is 2. The quantitative estimate of drug-likeness (QED) is 0.0673. The summed E-state index contributed by atoms with van der Waals surface area (Å²) < 4.78 is 18.1. The Morgan fingerprint density at radius 1 is 0.796 bits per heavy atom. The number of carbonyl (C=O) groups excluding carboxylic acids is 2. The van der Waals surface area contributed by atoms with Crippen LogP contribution in [0, 0.1) is 0 Å². The Hall–Kier alpha value is -5.46. The highest BCUT2D eigenvalue weighted by atomic mass is 32.2. The SMILES string of the molecule is COC(=O)[C@H](Cc1ccccc1)NC(=O)NCc1cccc(-c2cccc([C@H]3O[C@@H](CSc4ccc(C(=O)O)cc4)C[C@@H](c4ccc(CO)cc4)O3)c2)c1. The number of carbonyl (C=O) groups is 3. The molecule has 54 heavy (non-hydrogen) atoms. The first-order valence-corrected chi connectivity index (χ1v) is 18.6. The number of hydrogen-bond acceptors (Lipinski definition) is 8. The molecule has 0 unspecified atom stereocenters. The first kappa shape index (κ1) is 38.3. The zero-order valence-corrected chi connectivity index (χ0v) is 30.5. The van der Waals surface area contributed by atoms with Crippen molar-refractivity contribution in [3.8, 4) is 11.1 Å². The summed E-state index contributed by atoms with van der Waals surface area (Å²) in [5.41, 5.74) is 6.55. The van der Waals surface area contributed by atoms with Crippen LogP contribution in [-0.2, 0) is 38.6 Å². The summed E-state index contributed by atoms with van der Waals surface area (Å²) in [5, 5.41) is 24.4. The van der Waals surface area contributed by atoms with Crippen molar-refractivity contribution in [3.63, 3.8) is 0 Å². The van der Waals surface area contributed by atoms with E-state index in [-0.39, 0.29) is 30.9 Å². The number of carboxylic acids is 1. The highest BCUT2D eigenvalue weighted by Crippen LogP contribution is 2.40. The van der Waals surface area contributed by atoms with Crippen LogP contribution < -0.4 is 10.6 Å². The molecule has 0 spiro atoms. The molecule has 1 fully saturated rings. The number of aliphatic hydroxyl groups is 1. The van der Waals surface area contributed by atoms with E-state index >= 15 is 0 Å². The van der Waals surface area contributed by atoms with E-state index in [4.69, 9.17) is 14.2 Å². The molecule has 1 heterocycles. The van der Waals surface area contributed by atoms with Gasteiger partial charge in [0.05, 0.1) is 31.5 Å². The minimum atomic E-state index is -0.962. The van der Waals surface area contributed by atoms with E-state index in [1.165, 1.54) is 7.11 Å². The molecule has 4 N–H and O–H groups in total. The van der Waals surface area contributed by atoms with E-state index in [0.717, 1.165) is 43.8 Å². The lowest BCUT2D eigenvalue weighted by Crippen LogP contribution is -2.47. The van der Waals surface area contributed by atoms with E-state index < -0.39 is 30.3 Å². The summed E-state index contributed by atoms with van der Waals surface area (Å²) >= 11 is 1.60. The maximum atomic E-state index is 12.9. The molecule has 0 bridgehead atoms. The molecule has 5 aromatic carbocycles. The monoisotopic (exact) mass is 746 g/mol. The molecule has 6 rings (SSSR count). The number of carboxylic acid groups (broad SMARTS) is 1. The minimum Gasteiger partial charge on any atom is -0.478 e. The number of ether oxygens (including phenoxy) is 3. The van der Waals surface area contributed by atoms with E-state index in [2.05, 4.69) is 10.6 Å². The van der Waals surface area contributed by atoms with Gasteiger partial charge in [0.2, 0.25) is 0 Å². The lowest BCUT2D eigenvalue weighted by atomic mass is 9.99. The van der Waals surface area contributed by atoms with Crippen molar-refractivity contribution >= 4 is 29.7 Å². The highest BCUT2D eigenvalue weighted by molar-refractivity contribution is 7.99. The Balaban J connectivity index is 1.14. The van der Waals surface area contributed by atoms with E-state index in [0.29, 0.717) is 18.6 Å². The van der Waals surface area contributed by atoms with Gasteiger partial charge in [-0.2, -0.15) is 0 Å². The number of amides is 2. The summed E-state index contributed by atoms with van der Waals surface area (Å²) in [6.07, 6.45) is -0.170. The fourth-order valence-electron chi connectivity index (χ4n) is 6.21. The van der Waals surface area contributed by atoms with Crippen molar-refractivity contribution in [1.82, 2.24) is 10.6 Å². The van der Waals surface area contributed by atoms with Gasteiger partial charge in [0, 0.05) is 35.6 Å². The summed E-state index contributed by atoms with van der Waals surface area (Å²) in [4.78, 5) is 37.5. The van der Waals surface area contributed by atoms with Crippen LogP contribution in [-0.4, -0.2) is 53.2 Å². The molecule has 5 aromatic rings. The third kappa shape index (κ3) is 10.4. The standard InChI is InChI=1S/C43H42N2O8S/c1-51-41(49)38(22-28-7-3-2-4-8-28)45-43(50)44-25-30-9-5-10-33(21-30)34-11-6-12-35(23-34)42-52-36(27-54-37-19-17-32(18-20-37)40(47)48)24-39(53-42)31-15-13-29(26-46)14-16-31/h2-21,23,36,38-39,42,46H,22,24-27H2,1H3,(H,47,48)(H2,44,45,50)/t36-,38+,39+,42+/m1/s1. The molecule has 0 radical (unpaired) electrons. The number of esters is 1. The molecule has 0 saturated carbocycles. The number of hydrogen-bond donors (Lipinski definition) is 4. The molecular formula is C43H42N2O8S. The molecule has 10 nitrogen and oxygen atoms in total. The van der Waals surface area contributed by atoms with Gasteiger partial charge in [0.25, 0.3) is 0 Å². The van der Waals surface area contributed by atoms with Crippen LogP contribution in [0.3, 0.4) is 0 Å². The molecule has 0 aliphatic carbocycles. The number of benzene rings is 5. The molecular weight excluding hydrogens is 705 g/mol. The van der Waals surface area contributed by atoms with Crippen molar-refractivity contribution in [3.05, 3.63) is 161 Å². The van der Waals surface area contributed by atoms with Gasteiger partial charge in [-0.15, -0.1) is 11.8 Å². The number of thioether (sulfide) groups is 1. The molecule has 2 amide bonds. The second kappa shape index (κ2) is 18.5. The van der Waals surface area contributed by atoms with E-state index in [1.807, 2.05) is 103 Å². The van der Waals surface area contributed by atoms with Gasteiger partial charge in [0.1, 0.15) is 6.04 Å². The Labute approximate surface area is 318 Å². The summed E-state index contributed by atoms with van der Waals surface area (Å²) in [6, 6.07) is 38.5. The van der Waals surface area contributed by atoms with Crippen molar-refractivity contribution in [2.24, 2.45) is 0 Å².